The zero-order chi connectivity index (χ0) is 10.0. The molecule has 13 heavy (non-hydrogen) atoms. The summed E-state index contributed by atoms with van der Waals surface area (Å²) in [7, 11) is 1.62. The number of hydrogen-bond acceptors (Lipinski definition) is 3. The van der Waals surface area contributed by atoms with E-state index in [2.05, 4.69) is 18.8 Å². The number of aryl methyl sites for hydroxylation is 1. The Labute approximate surface area is 78.9 Å². The molecule has 0 aromatic carbocycles. The van der Waals surface area contributed by atoms with E-state index >= 15 is 0 Å². The molecule has 1 aromatic heterocycles. The molecule has 1 rings (SSSR count). The quantitative estimate of drug-likeness (QED) is 0.758. The van der Waals surface area contributed by atoms with Crippen LogP contribution in [0.2, 0.25) is 0 Å². The molecule has 3 heteroatoms. The van der Waals surface area contributed by atoms with E-state index in [1.165, 1.54) is 0 Å². The van der Waals surface area contributed by atoms with E-state index in [4.69, 9.17) is 10.5 Å². The maximum atomic E-state index is 5.82. The molecule has 0 atom stereocenters. The SMILES string of the molecule is COc1cc(N)c(C(C)C)nc1C. The first-order valence-electron chi connectivity index (χ1n) is 4.37. The van der Waals surface area contributed by atoms with Crippen LogP contribution in [-0.2, 0) is 0 Å². The third-order valence-corrected chi connectivity index (χ3v) is 1.99. The molecule has 72 valence electrons. The molecule has 2 N–H and O–H groups in total. The Balaban J connectivity index is 3.20. The van der Waals surface area contributed by atoms with Crippen LogP contribution in [-0.4, -0.2) is 12.1 Å². The Morgan fingerprint density at radius 1 is 1.46 bits per heavy atom. The second-order valence-electron chi connectivity index (χ2n) is 3.41. The maximum absolute atomic E-state index is 5.82. The number of nitrogens with two attached hydrogens (primary N) is 1. The van der Waals surface area contributed by atoms with Crippen LogP contribution < -0.4 is 10.5 Å². The molecule has 0 unspecified atom stereocenters. The van der Waals surface area contributed by atoms with Gasteiger partial charge in [-0.2, -0.15) is 0 Å². The summed E-state index contributed by atoms with van der Waals surface area (Å²) in [6.07, 6.45) is 0. The smallest absolute Gasteiger partial charge is 0.142 e. The van der Waals surface area contributed by atoms with Crippen molar-refractivity contribution in [2.45, 2.75) is 26.7 Å². The van der Waals surface area contributed by atoms with Gasteiger partial charge in [-0.15, -0.1) is 0 Å². The van der Waals surface area contributed by atoms with Gasteiger partial charge in [0.1, 0.15) is 5.75 Å². The Morgan fingerprint density at radius 2 is 2.08 bits per heavy atom. The third kappa shape index (κ3) is 1.91. The standard InChI is InChI=1S/C10H16N2O/c1-6(2)10-8(11)5-9(13-4)7(3)12-10/h5-6H,11H2,1-4H3. The molecular formula is C10H16N2O. The first-order valence-corrected chi connectivity index (χ1v) is 4.37. The van der Waals surface area contributed by atoms with Crippen molar-refractivity contribution in [3.8, 4) is 5.75 Å². The summed E-state index contributed by atoms with van der Waals surface area (Å²) in [4.78, 5) is 4.39. The lowest BCUT2D eigenvalue weighted by Gasteiger charge is -2.11. The number of nitrogens with zero attached hydrogens (tertiary/aromatic N) is 1. The van der Waals surface area contributed by atoms with Crippen molar-refractivity contribution in [1.29, 1.82) is 0 Å². The fourth-order valence-corrected chi connectivity index (χ4v) is 1.29. The average molecular weight is 180 g/mol. The van der Waals surface area contributed by atoms with E-state index in [1.54, 1.807) is 7.11 Å². The van der Waals surface area contributed by atoms with E-state index in [0.29, 0.717) is 11.6 Å². The van der Waals surface area contributed by atoms with Gasteiger partial charge in [0, 0.05) is 6.07 Å². The maximum Gasteiger partial charge on any atom is 0.142 e. The van der Waals surface area contributed by atoms with Crippen molar-refractivity contribution in [3.05, 3.63) is 17.5 Å². The zero-order valence-electron chi connectivity index (χ0n) is 8.59. The average Bonchev–Trinajstić information content (AvgIpc) is 2.07. The fraction of sp³-hybridized carbons (Fsp3) is 0.500. The van der Waals surface area contributed by atoms with Crippen LogP contribution >= 0.6 is 0 Å². The third-order valence-electron chi connectivity index (χ3n) is 1.99. The van der Waals surface area contributed by atoms with Gasteiger partial charge in [-0.25, -0.2) is 0 Å². The summed E-state index contributed by atoms with van der Waals surface area (Å²) in [5, 5.41) is 0. The molecule has 0 saturated carbocycles. The van der Waals surface area contributed by atoms with Crippen LogP contribution in [0.3, 0.4) is 0 Å². The lowest BCUT2D eigenvalue weighted by Crippen LogP contribution is -2.03. The van der Waals surface area contributed by atoms with E-state index in [1.807, 2.05) is 13.0 Å². The number of hydrogen-bond donors (Lipinski definition) is 1. The Morgan fingerprint density at radius 3 is 2.54 bits per heavy atom. The van der Waals surface area contributed by atoms with Gasteiger partial charge in [0.15, 0.2) is 0 Å². The second-order valence-corrected chi connectivity index (χ2v) is 3.41. The molecule has 1 aromatic rings. The molecule has 0 aliphatic carbocycles. The Bertz CT molecular complexity index is 308. The normalized spacial score (nSPS) is 10.5. The van der Waals surface area contributed by atoms with E-state index in [-0.39, 0.29) is 0 Å². The van der Waals surface area contributed by atoms with E-state index < -0.39 is 0 Å². The van der Waals surface area contributed by atoms with Gasteiger partial charge in [0.05, 0.1) is 24.2 Å². The monoisotopic (exact) mass is 180 g/mol. The van der Waals surface area contributed by atoms with Crippen LogP contribution in [0.5, 0.6) is 5.75 Å². The highest BCUT2D eigenvalue weighted by Gasteiger charge is 2.09. The zero-order valence-corrected chi connectivity index (χ0v) is 8.59. The lowest BCUT2D eigenvalue weighted by atomic mass is 10.1. The summed E-state index contributed by atoms with van der Waals surface area (Å²) >= 11 is 0. The molecule has 0 bridgehead atoms. The van der Waals surface area contributed by atoms with Crippen LogP contribution in [0.25, 0.3) is 0 Å². The predicted molar refractivity (Wildman–Crippen MR) is 54.0 cm³/mol. The van der Waals surface area contributed by atoms with Gasteiger partial charge in [-0.3, -0.25) is 4.98 Å². The van der Waals surface area contributed by atoms with Crippen molar-refractivity contribution in [1.82, 2.24) is 4.98 Å². The summed E-state index contributed by atoms with van der Waals surface area (Å²) in [5.41, 5.74) is 8.36. The highest BCUT2D eigenvalue weighted by Crippen LogP contribution is 2.25. The number of rotatable bonds is 2. The first kappa shape index (κ1) is 9.84. The summed E-state index contributed by atoms with van der Waals surface area (Å²) < 4.78 is 5.12. The molecule has 0 saturated heterocycles. The van der Waals surface area contributed by atoms with E-state index in [9.17, 15) is 0 Å². The minimum absolute atomic E-state index is 0.351. The molecule has 0 spiro atoms. The molecule has 1 heterocycles. The number of aromatic nitrogens is 1. The predicted octanol–water partition coefficient (Wildman–Crippen LogP) is 2.10. The summed E-state index contributed by atoms with van der Waals surface area (Å²) in [6.45, 7) is 6.07. The molecule has 3 nitrogen and oxygen atoms in total. The van der Waals surface area contributed by atoms with Crippen LogP contribution in [0.1, 0.15) is 31.2 Å². The number of nitrogen functional groups attached to an aromatic ring is 1. The number of anilines is 1. The molecule has 0 amide bonds. The topological polar surface area (TPSA) is 48.1 Å². The largest absolute Gasteiger partial charge is 0.495 e. The highest BCUT2D eigenvalue weighted by molar-refractivity contribution is 5.50. The van der Waals surface area contributed by atoms with Gasteiger partial charge < -0.3 is 10.5 Å². The number of methoxy groups -OCH3 is 1. The van der Waals surface area contributed by atoms with Crippen molar-refractivity contribution in [2.24, 2.45) is 0 Å². The number of ether oxygens (including phenoxy) is 1. The first-order chi connectivity index (χ1) is 6.06. The van der Waals surface area contributed by atoms with Gasteiger partial charge in [-0.05, 0) is 12.8 Å². The van der Waals surface area contributed by atoms with Crippen LogP contribution in [0.4, 0.5) is 5.69 Å². The fourth-order valence-electron chi connectivity index (χ4n) is 1.29. The minimum Gasteiger partial charge on any atom is -0.495 e. The van der Waals surface area contributed by atoms with E-state index in [0.717, 1.165) is 17.1 Å². The minimum atomic E-state index is 0.351. The van der Waals surface area contributed by atoms with Gasteiger partial charge in [-0.1, -0.05) is 13.8 Å². The van der Waals surface area contributed by atoms with Gasteiger partial charge in [0.25, 0.3) is 0 Å². The van der Waals surface area contributed by atoms with Gasteiger partial charge in [0.2, 0.25) is 0 Å². The molecule has 0 fully saturated rings. The summed E-state index contributed by atoms with van der Waals surface area (Å²) in [5.74, 6) is 1.10. The van der Waals surface area contributed by atoms with Crippen LogP contribution in [0.15, 0.2) is 6.07 Å². The summed E-state index contributed by atoms with van der Waals surface area (Å²) in [6, 6.07) is 1.83. The van der Waals surface area contributed by atoms with Crippen molar-refractivity contribution >= 4 is 5.69 Å². The number of pyridine rings is 1. The van der Waals surface area contributed by atoms with Crippen molar-refractivity contribution < 1.29 is 4.74 Å². The second kappa shape index (κ2) is 3.64. The highest BCUT2D eigenvalue weighted by atomic mass is 16.5. The Kier molecular flexibility index (Phi) is 2.76. The van der Waals surface area contributed by atoms with Crippen LogP contribution in [0, 0.1) is 6.92 Å². The lowest BCUT2D eigenvalue weighted by molar-refractivity contribution is 0.409. The molecule has 0 aliphatic rings. The molecule has 0 aliphatic heterocycles. The van der Waals surface area contributed by atoms with Crippen molar-refractivity contribution in [2.75, 3.05) is 12.8 Å². The Hall–Kier alpha value is -1.25. The van der Waals surface area contributed by atoms with Gasteiger partial charge >= 0.3 is 0 Å². The molecular weight excluding hydrogens is 164 g/mol. The molecule has 0 radical (unpaired) electrons. The van der Waals surface area contributed by atoms with Crippen molar-refractivity contribution in [3.63, 3.8) is 0 Å².